The Morgan fingerprint density at radius 1 is 0.307 bits per heavy atom. The van der Waals surface area contributed by atoms with Gasteiger partial charge in [-0.05, 0) is 60.0 Å². The smallest absolute Gasteiger partial charge is 0.406 e. The SMILES string of the molecule is C.C.C.C.C.C.C.C.C.C.C.C.C.C.CC(=O)N(C)C.CC(=O)N(C)C.CC(C)=O.CN(C)C.CNC(=O)N(C)C.CNC(=O)N(C)C.CNC(=O)OC.CNC(=O)OC.CNC(=O)SC.CNC(=O)SC.COC.COC(C)=O.COC(C)=O.CSC. The maximum absolute atomic E-state index is 10.3. The van der Waals surface area contributed by atoms with Crippen LogP contribution in [-0.2, 0) is 47.7 Å². The number of Topliss-reactive ketones (excluding diaryl/α,β-unsaturated/α-hetero) is 1. The van der Waals surface area contributed by atoms with Crippen molar-refractivity contribution in [3.8, 4) is 0 Å². The van der Waals surface area contributed by atoms with Crippen molar-refractivity contribution in [3.05, 3.63) is 0 Å². The van der Waals surface area contributed by atoms with Crippen LogP contribution < -0.4 is 31.9 Å². The summed E-state index contributed by atoms with van der Waals surface area (Å²) >= 11 is 4.10. The van der Waals surface area contributed by atoms with E-state index in [0.717, 1.165) is 0 Å². The predicted molar refractivity (Wildman–Crippen MR) is 402 cm³/mol. The van der Waals surface area contributed by atoms with Gasteiger partial charge in [-0.3, -0.25) is 28.8 Å². The number of nitrogens with zero attached hydrogens (tertiary/aromatic N) is 5. The summed E-state index contributed by atoms with van der Waals surface area (Å²) in [5.74, 6) is -0.139. The van der Waals surface area contributed by atoms with Crippen molar-refractivity contribution < 1.29 is 76.4 Å². The number of carbonyl (C=O) groups is 11. The lowest BCUT2D eigenvalue weighted by Gasteiger charge is -2.06. The number of urea groups is 2. The third kappa shape index (κ3) is 427. The Bertz CT molecular complexity index is 1160. The number of hydrogen-bond donors (Lipinski definition) is 6. The zero-order valence-corrected chi connectivity index (χ0v) is 53.9. The molecule has 562 valence electrons. The minimum atomic E-state index is -0.407. The number of alkyl carbamates (subject to hydrolysis) is 2. The van der Waals surface area contributed by atoms with Gasteiger partial charge in [0.25, 0.3) is 10.5 Å². The number of thioether (sulfide) groups is 3. The van der Waals surface area contributed by atoms with Gasteiger partial charge in [0.2, 0.25) is 11.8 Å². The number of methoxy groups -OCH3 is 5. The van der Waals surface area contributed by atoms with E-state index in [2.05, 4.69) is 55.6 Å². The first-order valence-electron chi connectivity index (χ1n) is 20.9. The van der Waals surface area contributed by atoms with Crippen molar-refractivity contribution in [3.63, 3.8) is 0 Å². The van der Waals surface area contributed by atoms with Crippen LogP contribution in [0.25, 0.3) is 0 Å². The van der Waals surface area contributed by atoms with Gasteiger partial charge in [0.1, 0.15) is 5.78 Å². The molecule has 6 N–H and O–H groups in total. The van der Waals surface area contributed by atoms with Crippen LogP contribution in [0.5, 0.6) is 0 Å². The Hall–Kier alpha value is -5.46. The molecule has 0 aliphatic carbocycles. The minimum Gasteiger partial charge on any atom is -0.469 e. The predicted octanol–water partition coefficient (Wildman–Crippen LogP) is 12.6. The van der Waals surface area contributed by atoms with E-state index in [9.17, 15) is 52.7 Å². The van der Waals surface area contributed by atoms with Crippen molar-refractivity contribution in [1.82, 2.24) is 56.4 Å². The number of amides is 10. The molecule has 0 aromatic carbocycles. The number of ketones is 1. The van der Waals surface area contributed by atoms with Gasteiger partial charge in [0.05, 0.1) is 28.4 Å². The number of nitrogens with one attached hydrogen (secondary N) is 6. The van der Waals surface area contributed by atoms with Crippen LogP contribution in [0, 0.1) is 0 Å². The van der Waals surface area contributed by atoms with Crippen molar-refractivity contribution in [2.75, 3.05) is 187 Å². The Morgan fingerprint density at radius 3 is 0.432 bits per heavy atom. The highest BCUT2D eigenvalue weighted by molar-refractivity contribution is 8.13. The molecule has 0 aromatic rings. The molecule has 0 radical (unpaired) electrons. The van der Waals surface area contributed by atoms with Gasteiger partial charge in [-0.25, -0.2) is 19.2 Å². The fourth-order valence-electron chi connectivity index (χ4n) is 0.855. The first-order chi connectivity index (χ1) is 33.7. The van der Waals surface area contributed by atoms with Crippen LogP contribution in [0.15, 0.2) is 0 Å². The van der Waals surface area contributed by atoms with Crippen LogP contribution in [0.1, 0.15) is 146 Å². The van der Waals surface area contributed by atoms with Crippen molar-refractivity contribution in [2.45, 2.75) is 146 Å². The number of ether oxygens (including phenoxy) is 5. The minimum absolute atomic E-state index is 0. The molecule has 0 rings (SSSR count). The molecule has 10 amide bonds. The van der Waals surface area contributed by atoms with E-state index >= 15 is 0 Å². The summed E-state index contributed by atoms with van der Waals surface area (Å²) in [6, 6.07) is -0.139. The summed E-state index contributed by atoms with van der Waals surface area (Å²) in [5.41, 5.74) is 0. The molecule has 0 fully saturated rings. The molecule has 0 aliphatic heterocycles. The van der Waals surface area contributed by atoms with Crippen molar-refractivity contribution >= 4 is 99.5 Å². The lowest BCUT2D eigenvalue weighted by Crippen LogP contribution is -2.31. The number of esters is 2. The van der Waals surface area contributed by atoms with E-state index in [1.165, 1.54) is 127 Å². The van der Waals surface area contributed by atoms with Gasteiger partial charge in [0, 0.05) is 141 Å². The molecule has 88 heavy (non-hydrogen) atoms. The Morgan fingerprint density at radius 2 is 0.432 bits per heavy atom. The summed E-state index contributed by atoms with van der Waals surface area (Å²) in [7, 11) is 37.7. The van der Waals surface area contributed by atoms with Crippen LogP contribution >= 0.6 is 35.3 Å². The summed E-state index contributed by atoms with van der Waals surface area (Å²) in [5, 5.41) is 14.3. The largest absolute Gasteiger partial charge is 0.469 e. The first kappa shape index (κ1) is 184. The summed E-state index contributed by atoms with van der Waals surface area (Å²) < 4.78 is 20.8. The first-order valence-corrected chi connectivity index (χ1v) is 24.9. The quantitative estimate of drug-likeness (QED) is 0.0969. The summed E-state index contributed by atoms with van der Waals surface area (Å²) in [6.07, 6.45) is 6.74. The van der Waals surface area contributed by atoms with Gasteiger partial charge < -0.3 is 84.9 Å². The lowest BCUT2D eigenvalue weighted by molar-refractivity contribution is -0.138. The highest BCUT2D eigenvalue weighted by Gasteiger charge is 1.95. The molecule has 0 aromatic heterocycles. The summed E-state index contributed by atoms with van der Waals surface area (Å²) in [6.45, 7) is 8.83. The lowest BCUT2D eigenvalue weighted by atomic mass is 10.6. The summed E-state index contributed by atoms with van der Waals surface area (Å²) in [4.78, 5) is 117. The maximum Gasteiger partial charge on any atom is 0.406 e. The van der Waals surface area contributed by atoms with Crippen LogP contribution in [0.3, 0.4) is 0 Å². The van der Waals surface area contributed by atoms with Crippen molar-refractivity contribution in [1.29, 1.82) is 0 Å². The van der Waals surface area contributed by atoms with E-state index in [1.54, 1.807) is 123 Å². The standard InChI is InChI=1S/2C4H10N2O.2C4H9NO.2C3H7NO2.2C3H7NOS.C3H9N.2C3H6O2.C3H6O.C2H6O.C2H6S.14CH4/c2*1-5-4(7)6(2)3;2*1-4(6)5(2)3;4*1-4-3(5)6-2;1-4(2)3;2*1-3(4)5-2;1-3(2)4;2*1-3-2;;;;;;;;;;;;;;/h2*1-3H3,(H,5,7);2*1-3H3;4*1-2H3,(H,4,5);1-3H3;2*1-2H3;1-2H3;2*1-2H3;14*1H4. The van der Waals surface area contributed by atoms with Crippen molar-refractivity contribution in [2.24, 2.45) is 0 Å². The molecule has 0 heterocycles. The second kappa shape index (κ2) is 165. The van der Waals surface area contributed by atoms with E-state index in [0.29, 0.717) is 0 Å². The molecular formula is C58H161N11O16S3. The molecule has 27 nitrogen and oxygen atoms in total. The highest BCUT2D eigenvalue weighted by Crippen LogP contribution is 1.89. The maximum atomic E-state index is 10.3. The Kier molecular flexibility index (Phi) is 347. The van der Waals surface area contributed by atoms with Crippen LogP contribution in [0.4, 0.5) is 28.8 Å². The molecular weight excluding hydrogens is 1200 g/mol. The topological polar surface area (TPSA) is 322 Å². The average molecular weight is 1370 g/mol. The zero-order valence-electron chi connectivity index (χ0n) is 51.5. The number of carbonyl (C=O) groups excluding carboxylic acids is 11. The molecule has 0 saturated heterocycles. The van der Waals surface area contributed by atoms with E-state index in [4.69, 9.17) is 0 Å². The Labute approximate surface area is 563 Å². The van der Waals surface area contributed by atoms with Crippen LogP contribution in [-0.4, -0.2) is 276 Å². The third-order valence-electron chi connectivity index (χ3n) is 4.63. The van der Waals surface area contributed by atoms with Gasteiger partial charge in [-0.2, -0.15) is 11.8 Å². The molecule has 0 unspecified atom stereocenters. The molecule has 0 aliphatic rings. The van der Waals surface area contributed by atoms with Gasteiger partial charge in [-0.15, -0.1) is 0 Å². The van der Waals surface area contributed by atoms with Gasteiger partial charge >= 0.3 is 36.2 Å². The zero-order chi connectivity index (χ0) is 63.1. The number of rotatable bonds is 0. The molecule has 30 heteroatoms. The number of hydrogen-bond acceptors (Lipinski definition) is 20. The molecule has 0 atom stereocenters. The fourth-order valence-corrected chi connectivity index (χ4v) is 1.26. The normalized spacial score (nSPS) is 6.20. The second-order valence-corrected chi connectivity index (χ2v) is 15.5. The fraction of sp³-hybridized carbons (Fsp3) is 0.810. The molecule has 0 spiro atoms. The molecule has 0 saturated carbocycles. The Balaban J connectivity index is -0.0000000168. The van der Waals surface area contributed by atoms with E-state index in [1.807, 2.05) is 38.6 Å². The van der Waals surface area contributed by atoms with Gasteiger partial charge in [-0.1, -0.05) is 127 Å². The second-order valence-electron chi connectivity index (χ2n) is 13.2. The van der Waals surface area contributed by atoms with E-state index < -0.39 is 12.2 Å². The van der Waals surface area contributed by atoms with Crippen LogP contribution in [0.2, 0.25) is 0 Å². The highest BCUT2D eigenvalue weighted by atomic mass is 32.2. The van der Waals surface area contributed by atoms with E-state index in [-0.39, 0.29) is 156 Å². The third-order valence-corrected chi connectivity index (χ3v) is 5.78. The monoisotopic (exact) mass is 1360 g/mol. The average Bonchev–Trinajstić information content (AvgIpc) is 3.33. The molecule has 0 bridgehead atoms. The van der Waals surface area contributed by atoms with Gasteiger partial charge in [0.15, 0.2) is 0 Å².